The second-order valence-corrected chi connectivity index (χ2v) is 4.84. The Morgan fingerprint density at radius 2 is 1.95 bits per heavy atom. The summed E-state index contributed by atoms with van der Waals surface area (Å²) < 4.78 is 10.3. The topological polar surface area (TPSA) is 65.5 Å². The van der Waals surface area contributed by atoms with Crippen LogP contribution in [0.1, 0.15) is 29.9 Å². The highest BCUT2D eigenvalue weighted by Gasteiger charge is 2.18. The van der Waals surface area contributed by atoms with Crippen LogP contribution in [0.4, 0.5) is 0 Å². The van der Waals surface area contributed by atoms with E-state index < -0.39 is 12.1 Å². The lowest BCUT2D eigenvalue weighted by Crippen LogP contribution is -2.22. The van der Waals surface area contributed by atoms with Crippen molar-refractivity contribution in [2.45, 2.75) is 26.9 Å². The van der Waals surface area contributed by atoms with Gasteiger partial charge in [-0.2, -0.15) is 0 Å². The molecule has 110 valence electrons. The Hall–Kier alpha value is -2.43. The zero-order valence-electron chi connectivity index (χ0n) is 12.5. The number of benzene rings is 1. The van der Waals surface area contributed by atoms with E-state index in [1.54, 1.807) is 39.2 Å². The Morgan fingerprint density at radius 1 is 1.24 bits per heavy atom. The van der Waals surface area contributed by atoms with Crippen LogP contribution >= 0.6 is 0 Å². The van der Waals surface area contributed by atoms with Crippen LogP contribution in [0, 0.1) is 6.92 Å². The lowest BCUT2D eigenvalue weighted by Gasteiger charge is -2.12. The summed E-state index contributed by atoms with van der Waals surface area (Å²) in [6.07, 6.45) is -0.761. The maximum atomic E-state index is 12.1. The van der Waals surface area contributed by atoms with Crippen molar-refractivity contribution in [3.05, 3.63) is 35.5 Å². The van der Waals surface area contributed by atoms with Crippen molar-refractivity contribution >= 4 is 22.7 Å². The molecule has 0 saturated carbocycles. The molecular weight excluding hydrogens is 270 g/mol. The van der Waals surface area contributed by atoms with Crippen LogP contribution in [0.2, 0.25) is 0 Å². The molecule has 1 heterocycles. The number of carbonyl (C=O) groups is 2. The number of nitrogens with zero attached hydrogens (tertiary/aromatic N) is 1. The fraction of sp³-hybridized carbons (Fsp3) is 0.312. The van der Waals surface area contributed by atoms with Crippen LogP contribution in [0.5, 0.6) is 5.75 Å². The molecule has 0 radical (unpaired) electrons. The minimum Gasteiger partial charge on any atom is -0.497 e. The fourth-order valence-corrected chi connectivity index (χ4v) is 1.88. The highest BCUT2D eigenvalue weighted by Crippen LogP contribution is 2.22. The monoisotopic (exact) mass is 287 g/mol. The van der Waals surface area contributed by atoms with Crippen molar-refractivity contribution in [1.82, 2.24) is 4.98 Å². The number of fused-ring (bicyclic) bond motifs is 1. The van der Waals surface area contributed by atoms with Gasteiger partial charge in [0.1, 0.15) is 5.75 Å². The molecule has 0 fully saturated rings. The lowest BCUT2D eigenvalue weighted by atomic mass is 10.1. The molecule has 0 aliphatic rings. The van der Waals surface area contributed by atoms with Gasteiger partial charge in [-0.25, -0.2) is 4.79 Å². The Labute approximate surface area is 122 Å². The normalized spacial score (nSPS) is 12.0. The lowest BCUT2D eigenvalue weighted by molar-refractivity contribution is -0.124. The maximum absolute atomic E-state index is 12.1. The zero-order chi connectivity index (χ0) is 15.6. The van der Waals surface area contributed by atoms with E-state index in [0.717, 1.165) is 10.9 Å². The SMILES string of the molecule is COc1ccc2cc(C(=O)O[C@@H](C)C(C)=O)c(C)nc2c1. The molecule has 1 aromatic heterocycles. The van der Waals surface area contributed by atoms with E-state index in [2.05, 4.69) is 4.98 Å². The molecule has 5 heteroatoms. The fourth-order valence-electron chi connectivity index (χ4n) is 1.88. The van der Waals surface area contributed by atoms with Crippen molar-refractivity contribution in [1.29, 1.82) is 0 Å². The number of ether oxygens (including phenoxy) is 2. The first-order valence-electron chi connectivity index (χ1n) is 6.59. The van der Waals surface area contributed by atoms with Crippen molar-refractivity contribution in [3.63, 3.8) is 0 Å². The molecule has 2 aromatic rings. The number of ketones is 1. The highest BCUT2D eigenvalue weighted by atomic mass is 16.5. The van der Waals surface area contributed by atoms with Gasteiger partial charge in [0.2, 0.25) is 0 Å². The van der Waals surface area contributed by atoms with Gasteiger partial charge in [-0.05, 0) is 39.0 Å². The minimum atomic E-state index is -0.761. The van der Waals surface area contributed by atoms with E-state index in [1.807, 2.05) is 6.07 Å². The summed E-state index contributed by atoms with van der Waals surface area (Å²) in [6, 6.07) is 7.14. The number of hydrogen-bond acceptors (Lipinski definition) is 5. The Morgan fingerprint density at radius 3 is 2.57 bits per heavy atom. The number of hydrogen-bond donors (Lipinski definition) is 0. The number of aromatic nitrogens is 1. The van der Waals surface area contributed by atoms with Crippen LogP contribution < -0.4 is 4.74 Å². The molecule has 1 aromatic carbocycles. The molecular formula is C16H17NO4. The minimum absolute atomic E-state index is 0.195. The van der Waals surface area contributed by atoms with E-state index in [-0.39, 0.29) is 5.78 Å². The largest absolute Gasteiger partial charge is 0.497 e. The average molecular weight is 287 g/mol. The number of aryl methyl sites for hydroxylation is 1. The predicted octanol–water partition coefficient (Wildman–Crippen LogP) is 2.69. The van der Waals surface area contributed by atoms with Crippen molar-refractivity contribution in [3.8, 4) is 5.75 Å². The molecule has 0 N–H and O–H groups in total. The Kier molecular flexibility index (Phi) is 4.21. The maximum Gasteiger partial charge on any atom is 0.340 e. The third-order valence-electron chi connectivity index (χ3n) is 3.29. The van der Waals surface area contributed by atoms with Gasteiger partial charge in [0.25, 0.3) is 0 Å². The van der Waals surface area contributed by atoms with E-state index >= 15 is 0 Å². The van der Waals surface area contributed by atoms with Gasteiger partial charge in [-0.15, -0.1) is 0 Å². The number of esters is 1. The summed E-state index contributed by atoms with van der Waals surface area (Å²) in [4.78, 5) is 27.7. The van der Waals surface area contributed by atoms with Crippen molar-refractivity contribution in [2.24, 2.45) is 0 Å². The molecule has 0 aliphatic carbocycles. The van der Waals surface area contributed by atoms with Gasteiger partial charge < -0.3 is 9.47 Å². The number of pyridine rings is 1. The number of methoxy groups -OCH3 is 1. The first-order chi connectivity index (χ1) is 9.92. The molecule has 1 atom stereocenters. The van der Waals surface area contributed by atoms with Crippen LogP contribution in [-0.2, 0) is 9.53 Å². The van der Waals surface area contributed by atoms with Gasteiger partial charge in [-0.1, -0.05) is 0 Å². The predicted molar refractivity (Wildman–Crippen MR) is 78.6 cm³/mol. The number of rotatable bonds is 4. The van der Waals surface area contributed by atoms with Crippen molar-refractivity contribution in [2.75, 3.05) is 7.11 Å². The third kappa shape index (κ3) is 3.18. The first-order valence-corrected chi connectivity index (χ1v) is 6.59. The molecule has 21 heavy (non-hydrogen) atoms. The smallest absolute Gasteiger partial charge is 0.340 e. The molecule has 0 spiro atoms. The van der Waals surface area contributed by atoms with Crippen LogP contribution in [0.25, 0.3) is 10.9 Å². The second-order valence-electron chi connectivity index (χ2n) is 4.84. The van der Waals surface area contributed by atoms with Crippen molar-refractivity contribution < 1.29 is 19.1 Å². The molecule has 0 unspecified atom stereocenters. The quantitative estimate of drug-likeness (QED) is 0.809. The summed E-state index contributed by atoms with van der Waals surface area (Å²) in [5.74, 6) is -0.0326. The third-order valence-corrected chi connectivity index (χ3v) is 3.29. The molecule has 0 saturated heterocycles. The summed E-state index contributed by atoms with van der Waals surface area (Å²) in [5, 5.41) is 0.809. The molecule has 5 nitrogen and oxygen atoms in total. The number of carbonyl (C=O) groups excluding carboxylic acids is 2. The van der Waals surface area contributed by atoms with E-state index in [4.69, 9.17) is 9.47 Å². The summed E-state index contributed by atoms with van der Waals surface area (Å²) in [7, 11) is 1.59. The summed E-state index contributed by atoms with van der Waals surface area (Å²) >= 11 is 0. The van der Waals surface area contributed by atoms with E-state index in [9.17, 15) is 9.59 Å². The van der Waals surface area contributed by atoms with Gasteiger partial charge in [0.05, 0.1) is 23.9 Å². The summed E-state index contributed by atoms with van der Waals surface area (Å²) in [5.41, 5.74) is 1.65. The van der Waals surface area contributed by atoms with Gasteiger partial charge in [-0.3, -0.25) is 9.78 Å². The van der Waals surface area contributed by atoms with Gasteiger partial charge >= 0.3 is 5.97 Å². The highest BCUT2D eigenvalue weighted by molar-refractivity contribution is 5.96. The number of Topliss-reactive ketones (excluding diaryl/α,β-unsaturated/α-hetero) is 1. The van der Waals surface area contributed by atoms with E-state index in [0.29, 0.717) is 17.0 Å². The first kappa shape index (κ1) is 15.0. The molecule has 0 bridgehead atoms. The summed E-state index contributed by atoms with van der Waals surface area (Å²) in [6.45, 7) is 4.67. The Balaban J connectivity index is 2.38. The average Bonchev–Trinajstić information content (AvgIpc) is 2.45. The molecule has 0 aliphatic heterocycles. The van der Waals surface area contributed by atoms with Gasteiger partial charge in [0.15, 0.2) is 11.9 Å². The zero-order valence-corrected chi connectivity index (χ0v) is 12.5. The molecule has 2 rings (SSSR count). The standard InChI is InChI=1S/C16H17NO4/c1-9-14(16(19)21-11(3)10(2)18)7-12-5-6-13(20-4)8-15(12)17-9/h5-8,11H,1-4H3/t11-/m0/s1. The second kappa shape index (κ2) is 5.91. The van der Waals surface area contributed by atoms with Crippen LogP contribution in [0.3, 0.4) is 0 Å². The molecule has 0 amide bonds. The van der Waals surface area contributed by atoms with Gasteiger partial charge in [0, 0.05) is 11.5 Å². The van der Waals surface area contributed by atoms with Crippen LogP contribution in [0.15, 0.2) is 24.3 Å². The van der Waals surface area contributed by atoms with E-state index in [1.165, 1.54) is 6.92 Å². The van der Waals surface area contributed by atoms with Crippen LogP contribution in [-0.4, -0.2) is 30.0 Å². The Bertz CT molecular complexity index is 709.